The summed E-state index contributed by atoms with van der Waals surface area (Å²) in [5.41, 5.74) is 4.76. The van der Waals surface area contributed by atoms with Crippen LogP contribution in [0.3, 0.4) is 0 Å². The fourth-order valence-corrected chi connectivity index (χ4v) is 3.18. The number of ether oxygens (including phenoxy) is 2. The number of hydrogen-bond donors (Lipinski definition) is 1. The molecule has 4 aromatic rings. The van der Waals surface area contributed by atoms with Gasteiger partial charge in [0, 0.05) is 23.5 Å². The summed E-state index contributed by atoms with van der Waals surface area (Å²) in [7, 11) is 1.61. The summed E-state index contributed by atoms with van der Waals surface area (Å²) in [6.45, 7) is 0.802. The van der Waals surface area contributed by atoms with Gasteiger partial charge >= 0.3 is 0 Å². The highest BCUT2D eigenvalue weighted by Gasteiger charge is 2.14. The van der Waals surface area contributed by atoms with Crippen molar-refractivity contribution in [2.45, 2.75) is 13.2 Å². The number of pyridine rings is 2. The van der Waals surface area contributed by atoms with E-state index in [9.17, 15) is 5.11 Å². The van der Waals surface area contributed by atoms with E-state index in [1.54, 1.807) is 25.7 Å². The first-order chi connectivity index (χ1) is 14.8. The lowest BCUT2D eigenvalue weighted by Gasteiger charge is -2.11. The van der Waals surface area contributed by atoms with Gasteiger partial charge in [0.2, 0.25) is 0 Å². The number of nitrogens with zero attached hydrogens (tertiary/aromatic N) is 4. The number of aromatic nitrogens is 4. The lowest BCUT2D eigenvalue weighted by molar-refractivity contribution is 0.270. The molecule has 1 N–H and O–H groups in total. The largest absolute Gasteiger partial charge is 0.495 e. The van der Waals surface area contributed by atoms with E-state index in [1.165, 1.54) is 0 Å². The molecule has 0 aliphatic carbocycles. The van der Waals surface area contributed by atoms with Crippen LogP contribution in [0.15, 0.2) is 73.3 Å². The van der Waals surface area contributed by atoms with Crippen molar-refractivity contribution < 1.29 is 14.6 Å². The Bertz CT molecular complexity index is 1080. The van der Waals surface area contributed by atoms with Crippen molar-refractivity contribution in [3.63, 3.8) is 0 Å². The molecule has 152 valence electrons. The SMILES string of the molecule is COc1ccc(COc2ccc(-c3c(-c4ccncc4)cnn3CCO)cc2)nc1. The van der Waals surface area contributed by atoms with E-state index in [0.717, 1.165) is 33.8 Å². The number of benzene rings is 1. The van der Waals surface area contributed by atoms with E-state index in [2.05, 4.69) is 15.1 Å². The molecule has 3 heterocycles. The Morgan fingerprint density at radius 3 is 2.33 bits per heavy atom. The number of hydrogen-bond acceptors (Lipinski definition) is 6. The maximum absolute atomic E-state index is 9.42. The van der Waals surface area contributed by atoms with E-state index in [-0.39, 0.29) is 6.61 Å². The van der Waals surface area contributed by atoms with Gasteiger partial charge in [-0.25, -0.2) is 0 Å². The Morgan fingerprint density at radius 1 is 0.900 bits per heavy atom. The third kappa shape index (κ3) is 4.31. The highest BCUT2D eigenvalue weighted by molar-refractivity contribution is 5.80. The van der Waals surface area contributed by atoms with Gasteiger partial charge in [0.15, 0.2) is 0 Å². The van der Waals surface area contributed by atoms with Crippen LogP contribution in [0.2, 0.25) is 0 Å². The molecule has 4 rings (SSSR count). The van der Waals surface area contributed by atoms with Crippen LogP contribution in [0.25, 0.3) is 22.4 Å². The van der Waals surface area contributed by atoms with Gasteiger partial charge in [-0.1, -0.05) is 0 Å². The summed E-state index contributed by atoms with van der Waals surface area (Å²) in [6, 6.07) is 15.5. The van der Waals surface area contributed by atoms with Crippen molar-refractivity contribution in [3.05, 3.63) is 79.0 Å². The normalized spacial score (nSPS) is 10.7. The summed E-state index contributed by atoms with van der Waals surface area (Å²) in [4.78, 5) is 8.40. The maximum atomic E-state index is 9.42. The first-order valence-corrected chi connectivity index (χ1v) is 9.57. The van der Waals surface area contributed by atoms with Gasteiger partial charge in [0.1, 0.15) is 18.1 Å². The van der Waals surface area contributed by atoms with Crippen molar-refractivity contribution in [2.75, 3.05) is 13.7 Å². The second-order valence-electron chi connectivity index (χ2n) is 6.59. The number of aliphatic hydroxyl groups is 1. The van der Waals surface area contributed by atoms with Gasteiger partial charge < -0.3 is 14.6 Å². The van der Waals surface area contributed by atoms with Crippen LogP contribution >= 0.6 is 0 Å². The molecule has 0 amide bonds. The first kappa shape index (κ1) is 19.6. The van der Waals surface area contributed by atoms with E-state index < -0.39 is 0 Å². The lowest BCUT2D eigenvalue weighted by atomic mass is 10.0. The van der Waals surface area contributed by atoms with Crippen LogP contribution in [0, 0.1) is 0 Å². The smallest absolute Gasteiger partial charge is 0.137 e. The minimum Gasteiger partial charge on any atom is -0.495 e. The molecule has 0 unspecified atom stereocenters. The minimum atomic E-state index is 0.0144. The molecular weight excluding hydrogens is 380 g/mol. The molecule has 0 radical (unpaired) electrons. The molecule has 0 aliphatic heterocycles. The van der Waals surface area contributed by atoms with Crippen LogP contribution in [0.4, 0.5) is 0 Å². The van der Waals surface area contributed by atoms with Crippen molar-refractivity contribution in [2.24, 2.45) is 0 Å². The van der Waals surface area contributed by atoms with Crippen LogP contribution in [-0.4, -0.2) is 38.6 Å². The Hall–Kier alpha value is -3.71. The molecule has 0 fully saturated rings. The van der Waals surface area contributed by atoms with Gasteiger partial charge in [0.25, 0.3) is 0 Å². The summed E-state index contributed by atoms with van der Waals surface area (Å²) in [5, 5.41) is 13.9. The molecule has 0 saturated heterocycles. The van der Waals surface area contributed by atoms with Gasteiger partial charge in [-0.2, -0.15) is 5.10 Å². The van der Waals surface area contributed by atoms with Gasteiger partial charge in [0.05, 0.1) is 44.0 Å². The minimum absolute atomic E-state index is 0.0144. The quantitative estimate of drug-likeness (QED) is 0.485. The zero-order chi connectivity index (χ0) is 20.8. The monoisotopic (exact) mass is 402 g/mol. The van der Waals surface area contributed by atoms with Crippen LogP contribution in [-0.2, 0) is 13.2 Å². The molecule has 0 bridgehead atoms. The molecular formula is C23H22N4O3. The third-order valence-electron chi connectivity index (χ3n) is 4.69. The van der Waals surface area contributed by atoms with Crippen molar-refractivity contribution in [3.8, 4) is 33.9 Å². The van der Waals surface area contributed by atoms with E-state index in [4.69, 9.17) is 9.47 Å². The van der Waals surface area contributed by atoms with Crippen molar-refractivity contribution in [1.82, 2.24) is 19.7 Å². The Morgan fingerprint density at radius 2 is 1.67 bits per heavy atom. The second kappa shape index (κ2) is 9.19. The van der Waals surface area contributed by atoms with E-state index >= 15 is 0 Å². The predicted molar refractivity (Wildman–Crippen MR) is 113 cm³/mol. The summed E-state index contributed by atoms with van der Waals surface area (Å²) < 4.78 is 12.8. The van der Waals surface area contributed by atoms with E-state index in [0.29, 0.717) is 18.9 Å². The first-order valence-electron chi connectivity index (χ1n) is 9.57. The maximum Gasteiger partial charge on any atom is 0.137 e. The number of methoxy groups -OCH3 is 1. The summed E-state index contributed by atoms with van der Waals surface area (Å²) in [5.74, 6) is 1.46. The molecule has 7 nitrogen and oxygen atoms in total. The highest BCUT2D eigenvalue weighted by atomic mass is 16.5. The average molecular weight is 402 g/mol. The summed E-state index contributed by atoms with van der Waals surface area (Å²) in [6.07, 6.45) is 7.00. The van der Waals surface area contributed by atoms with Gasteiger partial charge in [-0.05, 0) is 54.1 Å². The number of rotatable bonds is 8. The zero-order valence-electron chi connectivity index (χ0n) is 16.6. The second-order valence-corrected chi connectivity index (χ2v) is 6.59. The molecule has 7 heteroatoms. The fourth-order valence-electron chi connectivity index (χ4n) is 3.18. The molecule has 0 spiro atoms. The summed E-state index contributed by atoms with van der Waals surface area (Å²) >= 11 is 0. The molecule has 0 aliphatic rings. The zero-order valence-corrected chi connectivity index (χ0v) is 16.6. The Labute approximate surface area is 174 Å². The van der Waals surface area contributed by atoms with Gasteiger partial charge in [-0.15, -0.1) is 0 Å². The molecule has 30 heavy (non-hydrogen) atoms. The van der Waals surface area contributed by atoms with Crippen LogP contribution < -0.4 is 9.47 Å². The molecule has 0 atom stereocenters. The van der Waals surface area contributed by atoms with Gasteiger partial charge in [-0.3, -0.25) is 14.6 Å². The van der Waals surface area contributed by atoms with Crippen LogP contribution in [0.5, 0.6) is 11.5 Å². The number of aliphatic hydroxyl groups excluding tert-OH is 1. The van der Waals surface area contributed by atoms with E-state index in [1.807, 2.05) is 59.4 Å². The predicted octanol–water partition coefficient (Wildman–Crippen LogP) is 3.59. The molecule has 1 aromatic carbocycles. The fraction of sp³-hybridized carbons (Fsp3) is 0.174. The lowest BCUT2D eigenvalue weighted by Crippen LogP contribution is -2.06. The topological polar surface area (TPSA) is 82.3 Å². The highest BCUT2D eigenvalue weighted by Crippen LogP contribution is 2.32. The Kier molecular flexibility index (Phi) is 6.01. The standard InChI is InChI=1S/C23H22N4O3/c1-29-21-7-4-19(25-14-21)16-30-20-5-2-18(3-6-20)23-22(15-26-27(23)12-13-28)17-8-10-24-11-9-17/h2-11,14-15,28H,12-13,16H2,1H3. The van der Waals surface area contributed by atoms with Crippen molar-refractivity contribution in [1.29, 1.82) is 0 Å². The van der Waals surface area contributed by atoms with Crippen molar-refractivity contribution >= 4 is 0 Å². The molecule has 0 saturated carbocycles. The van der Waals surface area contributed by atoms with Crippen LogP contribution in [0.1, 0.15) is 5.69 Å². The molecule has 3 aromatic heterocycles. The Balaban J connectivity index is 1.55. The average Bonchev–Trinajstić information content (AvgIpc) is 3.23. The third-order valence-corrected chi connectivity index (χ3v) is 4.69.